The van der Waals surface area contributed by atoms with Crippen LogP contribution in [0.15, 0.2) is 11.4 Å². The first-order valence-electron chi connectivity index (χ1n) is 6.89. The Morgan fingerprint density at radius 2 is 2.21 bits per heavy atom. The smallest absolute Gasteiger partial charge is 0.264 e. The number of likely N-dealkylation sites (tertiary alicyclic amines) is 1. The van der Waals surface area contributed by atoms with Crippen LogP contribution in [-0.4, -0.2) is 36.0 Å². The van der Waals surface area contributed by atoms with Crippen LogP contribution in [0.5, 0.6) is 0 Å². The number of fused-ring (bicyclic) bond motifs is 2. The van der Waals surface area contributed by atoms with E-state index in [1.165, 1.54) is 18.4 Å². The molecule has 2 fully saturated rings. The summed E-state index contributed by atoms with van der Waals surface area (Å²) in [7, 11) is 0. The number of nitrogens with one attached hydrogen (secondary N) is 1. The molecule has 3 rings (SSSR count). The Kier molecular flexibility index (Phi) is 4.87. The Labute approximate surface area is 124 Å². The summed E-state index contributed by atoms with van der Waals surface area (Å²) in [6, 6.07) is 3.24. The Morgan fingerprint density at radius 1 is 1.42 bits per heavy atom. The first kappa shape index (κ1) is 14.8. The van der Waals surface area contributed by atoms with E-state index in [-0.39, 0.29) is 18.3 Å². The standard InChI is InChI=1S/C14H20N2OS.ClH/c1-2-10-6-8-18-13(10)14(17)16-7-5-11-3-4-12(9-16)15-11;/h6,8,11-12,15H,2-5,7,9H2,1H3;1H. The lowest BCUT2D eigenvalue weighted by molar-refractivity contribution is 0.0752. The van der Waals surface area contributed by atoms with E-state index >= 15 is 0 Å². The summed E-state index contributed by atoms with van der Waals surface area (Å²) in [6.45, 7) is 3.91. The van der Waals surface area contributed by atoms with Gasteiger partial charge in [-0.3, -0.25) is 4.79 Å². The number of rotatable bonds is 2. The average Bonchev–Trinajstić information content (AvgIpc) is 2.94. The van der Waals surface area contributed by atoms with Crippen molar-refractivity contribution in [3.05, 3.63) is 21.9 Å². The zero-order chi connectivity index (χ0) is 12.5. The highest BCUT2D eigenvalue weighted by Gasteiger charge is 2.32. The molecule has 0 saturated carbocycles. The SMILES string of the molecule is CCc1ccsc1C(=O)N1CCC2CCC(C1)N2.Cl. The number of hydrogen-bond donors (Lipinski definition) is 1. The largest absolute Gasteiger partial charge is 0.336 e. The van der Waals surface area contributed by atoms with Crippen LogP contribution < -0.4 is 5.32 Å². The van der Waals surface area contributed by atoms with Crippen molar-refractivity contribution >= 4 is 29.7 Å². The van der Waals surface area contributed by atoms with Crippen molar-refractivity contribution in [1.82, 2.24) is 10.2 Å². The van der Waals surface area contributed by atoms with Crippen molar-refractivity contribution in [3.63, 3.8) is 0 Å². The third kappa shape index (κ3) is 2.96. The molecule has 2 atom stereocenters. The van der Waals surface area contributed by atoms with E-state index in [1.807, 2.05) is 5.38 Å². The van der Waals surface area contributed by atoms with Crippen molar-refractivity contribution in [3.8, 4) is 0 Å². The fraction of sp³-hybridized carbons (Fsp3) is 0.643. The predicted octanol–water partition coefficient (Wildman–Crippen LogP) is 2.70. The third-order valence-corrected chi connectivity index (χ3v) is 5.08. The molecule has 3 heterocycles. The van der Waals surface area contributed by atoms with Gasteiger partial charge in [-0.15, -0.1) is 23.7 Å². The quantitative estimate of drug-likeness (QED) is 0.911. The summed E-state index contributed by atoms with van der Waals surface area (Å²) < 4.78 is 0. The fourth-order valence-electron chi connectivity index (χ4n) is 3.07. The molecule has 1 N–H and O–H groups in total. The van der Waals surface area contributed by atoms with Gasteiger partial charge in [0.05, 0.1) is 4.88 Å². The molecule has 2 aliphatic rings. The van der Waals surface area contributed by atoms with Gasteiger partial charge in [0.2, 0.25) is 0 Å². The molecule has 0 aliphatic carbocycles. The second kappa shape index (κ2) is 6.25. The monoisotopic (exact) mass is 300 g/mol. The Balaban J connectivity index is 0.00000133. The van der Waals surface area contributed by atoms with Crippen molar-refractivity contribution in [2.45, 2.75) is 44.7 Å². The predicted molar refractivity (Wildman–Crippen MR) is 81.4 cm³/mol. The van der Waals surface area contributed by atoms with Crippen LogP contribution in [0.1, 0.15) is 41.4 Å². The molecule has 2 unspecified atom stereocenters. The maximum atomic E-state index is 12.6. The number of halogens is 1. The molecule has 2 saturated heterocycles. The van der Waals surface area contributed by atoms with Gasteiger partial charge in [0.15, 0.2) is 0 Å². The number of thiophene rings is 1. The maximum absolute atomic E-state index is 12.6. The Bertz CT molecular complexity index is 448. The van der Waals surface area contributed by atoms with Gasteiger partial charge in [-0.05, 0) is 42.7 Å². The molecule has 19 heavy (non-hydrogen) atoms. The molecular weight excluding hydrogens is 280 g/mol. The zero-order valence-corrected chi connectivity index (χ0v) is 12.9. The molecule has 5 heteroatoms. The minimum absolute atomic E-state index is 0. The van der Waals surface area contributed by atoms with Crippen LogP contribution in [0.4, 0.5) is 0 Å². The minimum atomic E-state index is 0. The molecule has 106 valence electrons. The van der Waals surface area contributed by atoms with E-state index in [9.17, 15) is 4.79 Å². The first-order valence-corrected chi connectivity index (χ1v) is 7.77. The van der Waals surface area contributed by atoms with Crippen LogP contribution >= 0.6 is 23.7 Å². The summed E-state index contributed by atoms with van der Waals surface area (Å²) in [6.07, 6.45) is 4.56. The van der Waals surface area contributed by atoms with Gasteiger partial charge in [-0.2, -0.15) is 0 Å². The second-order valence-electron chi connectivity index (χ2n) is 5.31. The number of hydrogen-bond acceptors (Lipinski definition) is 3. The highest BCUT2D eigenvalue weighted by molar-refractivity contribution is 7.12. The molecule has 0 radical (unpaired) electrons. The first-order chi connectivity index (χ1) is 8.78. The van der Waals surface area contributed by atoms with Crippen molar-refractivity contribution in [1.29, 1.82) is 0 Å². The highest BCUT2D eigenvalue weighted by Crippen LogP contribution is 2.24. The van der Waals surface area contributed by atoms with Gasteiger partial charge >= 0.3 is 0 Å². The van der Waals surface area contributed by atoms with Crippen molar-refractivity contribution in [2.75, 3.05) is 13.1 Å². The van der Waals surface area contributed by atoms with E-state index in [0.717, 1.165) is 30.8 Å². The molecule has 1 amide bonds. The summed E-state index contributed by atoms with van der Waals surface area (Å²) in [5, 5.41) is 5.66. The molecule has 2 aliphatic heterocycles. The molecule has 1 aromatic heterocycles. The van der Waals surface area contributed by atoms with E-state index in [1.54, 1.807) is 11.3 Å². The van der Waals surface area contributed by atoms with Crippen molar-refractivity contribution < 1.29 is 4.79 Å². The van der Waals surface area contributed by atoms with E-state index in [4.69, 9.17) is 0 Å². The lowest BCUT2D eigenvalue weighted by Gasteiger charge is -2.24. The fourth-order valence-corrected chi connectivity index (χ4v) is 4.03. The molecule has 1 aromatic rings. The van der Waals surface area contributed by atoms with Gasteiger partial charge in [-0.1, -0.05) is 6.92 Å². The molecule has 0 aromatic carbocycles. The number of carbonyl (C=O) groups excluding carboxylic acids is 1. The van der Waals surface area contributed by atoms with E-state index < -0.39 is 0 Å². The third-order valence-electron chi connectivity index (χ3n) is 4.13. The highest BCUT2D eigenvalue weighted by atomic mass is 35.5. The topological polar surface area (TPSA) is 32.3 Å². The molecule has 3 nitrogen and oxygen atoms in total. The second-order valence-corrected chi connectivity index (χ2v) is 6.22. The van der Waals surface area contributed by atoms with Gasteiger partial charge in [-0.25, -0.2) is 0 Å². The van der Waals surface area contributed by atoms with Crippen LogP contribution in [0.2, 0.25) is 0 Å². The number of nitrogens with zero attached hydrogens (tertiary/aromatic N) is 1. The normalized spacial score (nSPS) is 25.8. The molecule has 0 spiro atoms. The number of aryl methyl sites for hydroxylation is 1. The Hall–Kier alpha value is -0.580. The summed E-state index contributed by atoms with van der Waals surface area (Å²) >= 11 is 1.59. The summed E-state index contributed by atoms with van der Waals surface area (Å²) in [5.74, 6) is 0.246. The van der Waals surface area contributed by atoms with Crippen LogP contribution in [0.3, 0.4) is 0 Å². The van der Waals surface area contributed by atoms with Crippen LogP contribution in [-0.2, 0) is 6.42 Å². The summed E-state index contributed by atoms with van der Waals surface area (Å²) in [4.78, 5) is 15.6. The lowest BCUT2D eigenvalue weighted by Crippen LogP contribution is -2.39. The van der Waals surface area contributed by atoms with E-state index in [2.05, 4.69) is 23.2 Å². The van der Waals surface area contributed by atoms with Crippen LogP contribution in [0.25, 0.3) is 0 Å². The number of carbonyl (C=O) groups is 1. The molecule has 2 bridgehead atoms. The van der Waals surface area contributed by atoms with Gasteiger partial charge in [0.25, 0.3) is 5.91 Å². The van der Waals surface area contributed by atoms with Gasteiger partial charge in [0, 0.05) is 25.2 Å². The number of amides is 1. The summed E-state index contributed by atoms with van der Waals surface area (Å²) in [5.41, 5.74) is 1.20. The average molecular weight is 301 g/mol. The maximum Gasteiger partial charge on any atom is 0.264 e. The van der Waals surface area contributed by atoms with Crippen LogP contribution in [0, 0.1) is 0 Å². The molecular formula is C14H21ClN2OS. The zero-order valence-electron chi connectivity index (χ0n) is 11.2. The van der Waals surface area contributed by atoms with Gasteiger partial charge in [0.1, 0.15) is 0 Å². The minimum Gasteiger partial charge on any atom is -0.336 e. The van der Waals surface area contributed by atoms with Crippen molar-refractivity contribution in [2.24, 2.45) is 0 Å². The lowest BCUT2D eigenvalue weighted by atomic mass is 10.1. The van der Waals surface area contributed by atoms with E-state index in [0.29, 0.717) is 12.1 Å². The van der Waals surface area contributed by atoms with Gasteiger partial charge < -0.3 is 10.2 Å². The Morgan fingerprint density at radius 3 is 3.00 bits per heavy atom.